The molecular formula is C42H85BN2O2. The summed E-state index contributed by atoms with van der Waals surface area (Å²) in [6.45, 7) is 9.02. The smallest absolute Gasteiger partial charge is 0.0739 e. The zero-order valence-corrected chi connectivity index (χ0v) is 32.5. The molecule has 0 aliphatic heterocycles. The lowest BCUT2D eigenvalue weighted by Gasteiger charge is -2.26. The van der Waals surface area contributed by atoms with E-state index in [4.69, 9.17) is 0 Å². The fourth-order valence-electron chi connectivity index (χ4n) is 5.99. The average molecular weight is 661 g/mol. The van der Waals surface area contributed by atoms with E-state index < -0.39 is 7.12 Å². The van der Waals surface area contributed by atoms with Gasteiger partial charge in [0.15, 0.2) is 0 Å². The molecule has 4 nitrogen and oxygen atoms in total. The van der Waals surface area contributed by atoms with Crippen molar-refractivity contribution in [1.82, 2.24) is 0 Å². The molecule has 1 aromatic rings. The maximum absolute atomic E-state index is 10.8. The van der Waals surface area contributed by atoms with Gasteiger partial charge in [0, 0.05) is 0 Å². The van der Waals surface area contributed by atoms with Crippen LogP contribution in [-0.4, -0.2) is 20.2 Å². The molecule has 0 amide bonds. The zero-order valence-electron chi connectivity index (χ0n) is 32.5. The summed E-state index contributed by atoms with van der Waals surface area (Å²) in [7, 11) is -1.85. The molecule has 1 aromatic carbocycles. The Balaban J connectivity index is 0. The number of hydrogen-bond donors (Lipinski definition) is 2. The minimum Gasteiger partial charge on any atom is -0.889 e. The second-order valence-electron chi connectivity index (χ2n) is 14.1. The van der Waals surface area contributed by atoms with Crippen molar-refractivity contribution in [3.8, 4) is 0 Å². The van der Waals surface area contributed by atoms with Crippen molar-refractivity contribution in [3.63, 3.8) is 0 Å². The molecule has 0 bridgehead atoms. The zero-order chi connectivity index (χ0) is 34.9. The largest absolute Gasteiger partial charge is 0.889 e. The normalized spacial score (nSPS) is 10.7. The first-order valence-electron chi connectivity index (χ1n) is 21.1. The summed E-state index contributed by atoms with van der Waals surface area (Å²) in [5.74, 6) is 0. The van der Waals surface area contributed by atoms with E-state index in [-0.39, 0.29) is 0 Å². The first kappa shape index (κ1) is 48.2. The molecule has 0 fully saturated rings. The first-order valence-corrected chi connectivity index (χ1v) is 21.1. The first-order chi connectivity index (χ1) is 23.1. The van der Waals surface area contributed by atoms with Gasteiger partial charge in [0.05, 0.1) is 13.1 Å². The van der Waals surface area contributed by atoms with Crippen molar-refractivity contribution >= 4 is 12.6 Å². The predicted molar refractivity (Wildman–Crippen MR) is 207 cm³/mol. The summed E-state index contributed by atoms with van der Waals surface area (Å²) in [5, 5.41) is 21.6. The highest BCUT2D eigenvalue weighted by Crippen LogP contribution is 2.15. The van der Waals surface area contributed by atoms with Gasteiger partial charge >= 0.3 is 0 Å². The van der Waals surface area contributed by atoms with Crippen molar-refractivity contribution in [2.24, 2.45) is 0 Å². The van der Waals surface area contributed by atoms with Crippen LogP contribution in [0.4, 0.5) is 0 Å². The van der Waals surface area contributed by atoms with Gasteiger partial charge in [-0.25, -0.2) is 0 Å². The van der Waals surface area contributed by atoms with Crippen LogP contribution >= 0.6 is 0 Å². The van der Waals surface area contributed by atoms with Gasteiger partial charge < -0.3 is 21.5 Å². The van der Waals surface area contributed by atoms with E-state index in [9.17, 15) is 10.0 Å². The summed E-state index contributed by atoms with van der Waals surface area (Å²) in [4.78, 5) is 0. The quantitative estimate of drug-likeness (QED) is 0.0596. The van der Waals surface area contributed by atoms with E-state index in [0.717, 1.165) is 19.5 Å². The van der Waals surface area contributed by atoms with Crippen LogP contribution in [0, 0.1) is 0 Å². The topological polar surface area (TPSA) is 101 Å². The molecule has 0 aromatic heterocycles. The Bertz CT molecular complexity index is 645. The highest BCUT2D eigenvalue weighted by atomic mass is 16.4. The van der Waals surface area contributed by atoms with Crippen LogP contribution in [0.15, 0.2) is 24.3 Å². The molecule has 0 aliphatic carbocycles. The van der Waals surface area contributed by atoms with Crippen LogP contribution < -0.4 is 27.0 Å². The third-order valence-corrected chi connectivity index (χ3v) is 9.28. The highest BCUT2D eigenvalue weighted by Gasteiger charge is 1.97. The molecule has 0 spiro atoms. The van der Waals surface area contributed by atoms with Gasteiger partial charge in [-0.2, -0.15) is 0 Å². The van der Waals surface area contributed by atoms with Crippen molar-refractivity contribution < 1.29 is 21.5 Å². The second kappa shape index (κ2) is 43.1. The summed E-state index contributed by atoms with van der Waals surface area (Å²) in [6, 6.07) is 7.25. The van der Waals surface area contributed by atoms with Crippen LogP contribution in [0.25, 0.3) is 0 Å². The van der Waals surface area contributed by atoms with Crippen molar-refractivity contribution in [2.75, 3.05) is 13.1 Å². The lowest BCUT2D eigenvalue weighted by atomic mass is 9.80. The molecule has 278 valence electrons. The third kappa shape index (κ3) is 41.2. The summed E-state index contributed by atoms with van der Waals surface area (Å²) < 4.78 is 0. The van der Waals surface area contributed by atoms with Crippen LogP contribution in [0.2, 0.25) is 0 Å². The maximum Gasteiger partial charge on any atom is 0.0739 e. The van der Waals surface area contributed by atoms with Crippen LogP contribution in [0.1, 0.15) is 219 Å². The molecule has 0 atom stereocenters. The number of aryl methyl sites for hydroxylation is 1. The number of hydrogen-bond acceptors (Lipinski definition) is 2. The molecule has 6 N–H and O–H groups in total. The SMILES string of the molecule is CCCCCCCCCCCCCCCCCCCCc1ccc(B([O-])[O-])cc1.CCCCCCCC[NH3+].CCCCCCCC[NH3+]. The van der Waals surface area contributed by atoms with E-state index in [0.29, 0.717) is 5.46 Å². The number of unbranched alkanes of at least 4 members (excludes halogenated alkanes) is 27. The van der Waals surface area contributed by atoms with Crippen molar-refractivity contribution in [1.29, 1.82) is 0 Å². The minimum atomic E-state index is -1.85. The van der Waals surface area contributed by atoms with Gasteiger partial charge in [0.1, 0.15) is 0 Å². The molecular weight excluding hydrogens is 575 g/mol. The van der Waals surface area contributed by atoms with Crippen LogP contribution in [-0.2, 0) is 6.42 Å². The standard InChI is InChI=1S/C26H45BO2.2C8H19N/c1-2-3-4-5-6-7-8-9-10-11-12-13-14-15-16-17-18-19-20-25-21-23-26(24-22-25)27(28)29;2*1-2-3-4-5-6-7-8-9/h21-24H,2-20H2,1H3;2*2-9H2,1H3/q-2;;/p+2. The van der Waals surface area contributed by atoms with Gasteiger partial charge in [-0.15, -0.1) is 5.46 Å². The minimum absolute atomic E-state index is 0.353. The molecule has 0 radical (unpaired) electrons. The van der Waals surface area contributed by atoms with Gasteiger partial charge in [0.2, 0.25) is 0 Å². The number of rotatable bonds is 32. The van der Waals surface area contributed by atoms with E-state index in [1.165, 1.54) is 198 Å². The highest BCUT2D eigenvalue weighted by molar-refractivity contribution is 6.55. The van der Waals surface area contributed by atoms with Crippen LogP contribution in [0.5, 0.6) is 0 Å². The fourth-order valence-corrected chi connectivity index (χ4v) is 5.99. The molecule has 0 saturated heterocycles. The Morgan fingerprint density at radius 2 is 0.638 bits per heavy atom. The lowest BCUT2D eigenvalue weighted by Crippen LogP contribution is -2.55. The van der Waals surface area contributed by atoms with Crippen molar-refractivity contribution in [2.45, 2.75) is 220 Å². The van der Waals surface area contributed by atoms with E-state index in [1.54, 1.807) is 12.1 Å². The summed E-state index contributed by atoms with van der Waals surface area (Å²) in [6.07, 6.45) is 42.9. The Kier molecular flexibility index (Phi) is 44.3. The Morgan fingerprint density at radius 1 is 0.383 bits per heavy atom. The maximum atomic E-state index is 10.8. The second-order valence-corrected chi connectivity index (χ2v) is 14.1. The average Bonchev–Trinajstić information content (AvgIpc) is 3.08. The van der Waals surface area contributed by atoms with Crippen molar-refractivity contribution in [3.05, 3.63) is 29.8 Å². The molecule has 0 aliphatic rings. The van der Waals surface area contributed by atoms with E-state index in [2.05, 4.69) is 32.2 Å². The van der Waals surface area contributed by atoms with Gasteiger partial charge in [-0.1, -0.05) is 213 Å². The van der Waals surface area contributed by atoms with E-state index >= 15 is 0 Å². The summed E-state index contributed by atoms with van der Waals surface area (Å²) >= 11 is 0. The Hall–Kier alpha value is -0.875. The van der Waals surface area contributed by atoms with Gasteiger partial charge in [-0.05, 0) is 44.1 Å². The molecule has 1 rings (SSSR count). The molecule has 0 unspecified atom stereocenters. The van der Waals surface area contributed by atoms with Crippen LogP contribution in [0.3, 0.4) is 0 Å². The number of benzene rings is 1. The summed E-state index contributed by atoms with van der Waals surface area (Å²) in [5.41, 5.74) is 9.20. The Morgan fingerprint density at radius 3 is 0.894 bits per heavy atom. The van der Waals surface area contributed by atoms with E-state index in [1.807, 2.05) is 12.1 Å². The van der Waals surface area contributed by atoms with Gasteiger partial charge in [0.25, 0.3) is 0 Å². The predicted octanol–water partition coefficient (Wildman–Crippen LogP) is 8.86. The third-order valence-electron chi connectivity index (χ3n) is 9.28. The molecule has 47 heavy (non-hydrogen) atoms. The molecule has 5 heteroatoms. The monoisotopic (exact) mass is 661 g/mol. The Labute approximate surface area is 296 Å². The molecule has 0 saturated carbocycles. The fraction of sp³-hybridized carbons (Fsp3) is 0.857. The number of quaternary nitrogens is 2. The molecule has 0 heterocycles. The lowest BCUT2D eigenvalue weighted by molar-refractivity contribution is -0.368. The van der Waals surface area contributed by atoms with Gasteiger partial charge in [-0.3, -0.25) is 0 Å².